The molecule has 2 rings (SSSR count). The van der Waals surface area contributed by atoms with Gasteiger partial charge in [-0.1, -0.05) is 30.3 Å². The van der Waals surface area contributed by atoms with E-state index in [9.17, 15) is 0 Å². The summed E-state index contributed by atoms with van der Waals surface area (Å²) in [4.78, 5) is 11.1. The number of benzene rings is 1. The molecule has 0 spiro atoms. The first-order chi connectivity index (χ1) is 9.63. The van der Waals surface area contributed by atoms with Gasteiger partial charge in [0.05, 0.1) is 5.03 Å². The molecular weight excluding hydrogens is 266 g/mol. The third-order valence-corrected chi connectivity index (χ3v) is 3.85. The highest BCUT2D eigenvalue weighted by Gasteiger charge is 2.03. The van der Waals surface area contributed by atoms with Gasteiger partial charge in [-0.15, -0.1) is 11.8 Å². The Morgan fingerprint density at radius 3 is 2.55 bits per heavy atom. The average molecular weight is 287 g/mol. The summed E-state index contributed by atoms with van der Waals surface area (Å²) in [6.45, 7) is 5.99. The van der Waals surface area contributed by atoms with Crippen molar-refractivity contribution in [3.8, 4) is 0 Å². The monoisotopic (exact) mass is 287 g/mol. The van der Waals surface area contributed by atoms with Gasteiger partial charge in [0, 0.05) is 24.5 Å². The second-order valence-electron chi connectivity index (χ2n) is 4.97. The van der Waals surface area contributed by atoms with E-state index in [2.05, 4.69) is 58.3 Å². The van der Waals surface area contributed by atoms with Gasteiger partial charge in [-0.2, -0.15) is 0 Å². The fraction of sp³-hybridized carbons (Fsp3) is 0.375. The first kappa shape index (κ1) is 15.0. The highest BCUT2D eigenvalue weighted by atomic mass is 32.2. The maximum atomic E-state index is 4.45. The molecule has 0 bridgehead atoms. The van der Waals surface area contributed by atoms with Crippen molar-refractivity contribution < 1.29 is 0 Å². The summed E-state index contributed by atoms with van der Waals surface area (Å²) in [6.07, 6.45) is 0. The van der Waals surface area contributed by atoms with Crippen molar-refractivity contribution in [1.29, 1.82) is 0 Å². The molecular formula is C16H21N3S. The van der Waals surface area contributed by atoms with Crippen molar-refractivity contribution in [3.63, 3.8) is 0 Å². The van der Waals surface area contributed by atoms with Crippen LogP contribution in [0.5, 0.6) is 0 Å². The Morgan fingerprint density at radius 1 is 1.10 bits per heavy atom. The molecule has 2 aromatic rings. The van der Waals surface area contributed by atoms with Gasteiger partial charge in [-0.3, -0.25) is 0 Å². The number of rotatable bonds is 6. The normalized spacial score (nSPS) is 11.0. The zero-order chi connectivity index (χ0) is 14.4. The topological polar surface area (TPSA) is 29.0 Å². The molecule has 1 heterocycles. The number of aromatic nitrogens is 2. The average Bonchev–Trinajstić information content (AvgIpc) is 2.38. The second kappa shape index (κ2) is 7.41. The number of hydrogen-bond donors (Lipinski definition) is 0. The van der Waals surface area contributed by atoms with E-state index in [1.54, 1.807) is 11.8 Å². The smallest absolute Gasteiger partial charge is 0.126 e. The number of hydrogen-bond acceptors (Lipinski definition) is 4. The van der Waals surface area contributed by atoms with E-state index in [0.717, 1.165) is 35.4 Å². The van der Waals surface area contributed by atoms with Crippen LogP contribution in [0.15, 0.2) is 41.4 Å². The molecule has 0 aliphatic carbocycles. The minimum absolute atomic E-state index is 0.852. The Labute approximate surface area is 125 Å². The lowest BCUT2D eigenvalue weighted by atomic mass is 10.2. The molecule has 0 unspecified atom stereocenters. The molecule has 1 aromatic carbocycles. The van der Waals surface area contributed by atoms with Crippen LogP contribution in [0.3, 0.4) is 0 Å². The lowest BCUT2D eigenvalue weighted by Gasteiger charge is -2.16. The zero-order valence-electron chi connectivity index (χ0n) is 12.3. The Kier molecular flexibility index (Phi) is 5.56. The Morgan fingerprint density at radius 2 is 1.85 bits per heavy atom. The third kappa shape index (κ3) is 4.94. The van der Waals surface area contributed by atoms with E-state index < -0.39 is 0 Å². The quantitative estimate of drug-likeness (QED) is 0.602. The SMILES string of the molecule is Cc1cc(SCCN(C)Cc2ccccc2)nc(C)n1. The maximum absolute atomic E-state index is 4.45. The maximum Gasteiger partial charge on any atom is 0.126 e. The van der Waals surface area contributed by atoms with Gasteiger partial charge in [-0.05, 0) is 32.5 Å². The standard InChI is InChI=1S/C16H21N3S/c1-13-11-16(18-14(2)17-13)20-10-9-19(3)12-15-7-5-4-6-8-15/h4-8,11H,9-10,12H2,1-3H3. The molecule has 0 N–H and O–H groups in total. The van der Waals surface area contributed by atoms with Crippen LogP contribution in [0, 0.1) is 13.8 Å². The molecule has 0 saturated carbocycles. The van der Waals surface area contributed by atoms with E-state index in [1.165, 1.54) is 5.56 Å². The van der Waals surface area contributed by atoms with E-state index in [1.807, 2.05) is 13.8 Å². The summed E-state index contributed by atoms with van der Waals surface area (Å²) >= 11 is 1.79. The van der Waals surface area contributed by atoms with Gasteiger partial charge < -0.3 is 4.90 Å². The Bertz CT molecular complexity index is 522. The van der Waals surface area contributed by atoms with Gasteiger partial charge in [0.25, 0.3) is 0 Å². The van der Waals surface area contributed by atoms with Gasteiger partial charge in [0.2, 0.25) is 0 Å². The fourth-order valence-electron chi connectivity index (χ4n) is 2.04. The highest BCUT2D eigenvalue weighted by Crippen LogP contribution is 2.16. The molecule has 0 amide bonds. The number of nitrogens with zero attached hydrogens (tertiary/aromatic N) is 3. The van der Waals surface area contributed by atoms with E-state index in [4.69, 9.17) is 0 Å². The molecule has 0 atom stereocenters. The first-order valence-electron chi connectivity index (χ1n) is 6.81. The predicted molar refractivity (Wildman–Crippen MR) is 85.0 cm³/mol. The molecule has 20 heavy (non-hydrogen) atoms. The van der Waals surface area contributed by atoms with Crippen molar-refractivity contribution in [2.45, 2.75) is 25.4 Å². The predicted octanol–water partition coefficient (Wildman–Crippen LogP) is 3.32. The van der Waals surface area contributed by atoms with Crippen LogP contribution in [0.2, 0.25) is 0 Å². The molecule has 0 saturated heterocycles. The summed E-state index contributed by atoms with van der Waals surface area (Å²) in [5.74, 6) is 1.89. The van der Waals surface area contributed by atoms with Crippen LogP contribution in [0.25, 0.3) is 0 Å². The van der Waals surface area contributed by atoms with E-state index >= 15 is 0 Å². The summed E-state index contributed by atoms with van der Waals surface area (Å²) in [6, 6.07) is 12.6. The van der Waals surface area contributed by atoms with Crippen molar-refractivity contribution in [3.05, 3.63) is 53.5 Å². The minimum atomic E-state index is 0.852. The molecule has 4 heteroatoms. The van der Waals surface area contributed by atoms with Gasteiger partial charge in [-0.25, -0.2) is 9.97 Å². The van der Waals surface area contributed by atoms with Crippen LogP contribution < -0.4 is 0 Å². The van der Waals surface area contributed by atoms with Crippen LogP contribution >= 0.6 is 11.8 Å². The summed E-state index contributed by atoms with van der Waals surface area (Å²) in [5.41, 5.74) is 2.39. The zero-order valence-corrected chi connectivity index (χ0v) is 13.2. The molecule has 0 aliphatic heterocycles. The largest absolute Gasteiger partial charge is 0.301 e. The van der Waals surface area contributed by atoms with Crippen molar-refractivity contribution in [2.24, 2.45) is 0 Å². The van der Waals surface area contributed by atoms with Gasteiger partial charge in [0.15, 0.2) is 0 Å². The molecule has 0 radical (unpaired) electrons. The van der Waals surface area contributed by atoms with Crippen LogP contribution in [-0.2, 0) is 6.54 Å². The van der Waals surface area contributed by atoms with Crippen LogP contribution in [-0.4, -0.2) is 34.2 Å². The molecule has 3 nitrogen and oxygen atoms in total. The summed E-state index contributed by atoms with van der Waals surface area (Å²) < 4.78 is 0. The summed E-state index contributed by atoms with van der Waals surface area (Å²) in [7, 11) is 2.16. The lowest BCUT2D eigenvalue weighted by molar-refractivity contribution is 0.348. The lowest BCUT2D eigenvalue weighted by Crippen LogP contribution is -2.20. The fourth-order valence-corrected chi connectivity index (χ4v) is 3.10. The highest BCUT2D eigenvalue weighted by molar-refractivity contribution is 7.99. The van der Waals surface area contributed by atoms with Crippen molar-refractivity contribution in [2.75, 3.05) is 19.3 Å². The van der Waals surface area contributed by atoms with Crippen LogP contribution in [0.1, 0.15) is 17.1 Å². The Balaban J connectivity index is 1.78. The summed E-state index contributed by atoms with van der Waals surface area (Å²) in [5, 5.41) is 1.07. The van der Waals surface area contributed by atoms with E-state index in [-0.39, 0.29) is 0 Å². The molecule has 0 fully saturated rings. The van der Waals surface area contributed by atoms with Crippen molar-refractivity contribution in [1.82, 2.24) is 14.9 Å². The van der Waals surface area contributed by atoms with Gasteiger partial charge in [0.1, 0.15) is 5.82 Å². The van der Waals surface area contributed by atoms with Crippen LogP contribution in [0.4, 0.5) is 0 Å². The third-order valence-electron chi connectivity index (χ3n) is 2.96. The Hall–Kier alpha value is -1.39. The number of thioether (sulfide) groups is 1. The second-order valence-corrected chi connectivity index (χ2v) is 6.08. The number of aryl methyl sites for hydroxylation is 2. The van der Waals surface area contributed by atoms with Gasteiger partial charge >= 0.3 is 0 Å². The minimum Gasteiger partial charge on any atom is -0.301 e. The molecule has 106 valence electrons. The first-order valence-corrected chi connectivity index (χ1v) is 7.79. The molecule has 0 aliphatic rings. The van der Waals surface area contributed by atoms with Crippen molar-refractivity contribution >= 4 is 11.8 Å². The molecule has 1 aromatic heterocycles. The van der Waals surface area contributed by atoms with E-state index in [0.29, 0.717) is 0 Å².